The molecule has 0 bridgehead atoms. The van der Waals surface area contributed by atoms with Crippen LogP contribution >= 0.6 is 22.9 Å². The number of carbonyl (C=O) groups is 2. The number of benzene rings is 1. The molecular formula is C22H25ClN2O4S. The number of nitrogens with one attached hydrogen (secondary N) is 1. The van der Waals surface area contributed by atoms with Crippen molar-refractivity contribution in [1.29, 1.82) is 0 Å². The lowest BCUT2D eigenvalue weighted by Gasteiger charge is -2.21. The first-order chi connectivity index (χ1) is 14.5. The Hall–Kier alpha value is -2.25. The van der Waals surface area contributed by atoms with Crippen LogP contribution in [0.4, 0.5) is 5.00 Å². The lowest BCUT2D eigenvalue weighted by molar-refractivity contribution is -0.115. The molecule has 0 saturated heterocycles. The summed E-state index contributed by atoms with van der Waals surface area (Å²) in [5.74, 6) is 0.676. The summed E-state index contributed by atoms with van der Waals surface area (Å²) in [4.78, 5) is 24.9. The number of hydrogen-bond acceptors (Lipinski definition) is 5. The Labute approximate surface area is 184 Å². The Morgan fingerprint density at radius 2 is 1.90 bits per heavy atom. The highest BCUT2D eigenvalue weighted by atomic mass is 35.5. The van der Waals surface area contributed by atoms with Gasteiger partial charge in [-0.2, -0.15) is 0 Å². The summed E-state index contributed by atoms with van der Waals surface area (Å²) in [6, 6.07) is 3.49. The molecule has 2 aliphatic rings. The second-order valence-electron chi connectivity index (χ2n) is 7.77. The van der Waals surface area contributed by atoms with Gasteiger partial charge in [-0.15, -0.1) is 11.3 Å². The van der Waals surface area contributed by atoms with Gasteiger partial charge in [-0.1, -0.05) is 30.9 Å². The summed E-state index contributed by atoms with van der Waals surface area (Å²) in [5.41, 5.74) is 7.82. The zero-order chi connectivity index (χ0) is 21.1. The van der Waals surface area contributed by atoms with Gasteiger partial charge in [0.15, 0.2) is 11.5 Å². The molecule has 2 aromatic rings. The lowest BCUT2D eigenvalue weighted by Crippen LogP contribution is -2.20. The minimum absolute atomic E-state index is 0.102. The molecule has 3 N–H and O–H groups in total. The molecular weight excluding hydrogens is 424 g/mol. The van der Waals surface area contributed by atoms with E-state index in [-0.39, 0.29) is 12.3 Å². The fourth-order valence-electron chi connectivity index (χ4n) is 4.17. The molecule has 0 spiro atoms. The zero-order valence-corrected chi connectivity index (χ0v) is 18.2. The smallest absolute Gasteiger partial charge is 0.251 e. The van der Waals surface area contributed by atoms with Crippen LogP contribution in [-0.2, 0) is 11.2 Å². The van der Waals surface area contributed by atoms with Crippen molar-refractivity contribution >= 4 is 39.8 Å². The maximum Gasteiger partial charge on any atom is 0.251 e. The summed E-state index contributed by atoms with van der Waals surface area (Å²) in [7, 11) is 0. The first-order valence-corrected chi connectivity index (χ1v) is 11.6. The standard InChI is InChI=1S/C22H25ClN2O4S/c23-16-9-13(10-17-20(16)29-8-4-7-28-17)11-18(26)25-22-19(21(24)27)15(12-30-22)14-5-2-1-3-6-14/h9-10,12,14H,1-8,11H2,(H2,24,27)(H,25,26). The number of ether oxygens (including phenoxy) is 2. The largest absolute Gasteiger partial charge is 0.489 e. The van der Waals surface area contributed by atoms with Crippen LogP contribution in [0.3, 0.4) is 0 Å². The summed E-state index contributed by atoms with van der Waals surface area (Å²) < 4.78 is 11.3. The molecule has 160 valence electrons. The van der Waals surface area contributed by atoms with Crippen LogP contribution in [0, 0.1) is 0 Å². The third-order valence-corrected chi connectivity index (χ3v) is 6.78. The average molecular weight is 449 g/mol. The van der Waals surface area contributed by atoms with E-state index in [1.54, 1.807) is 12.1 Å². The van der Waals surface area contributed by atoms with Gasteiger partial charge in [0.1, 0.15) is 5.00 Å². The lowest BCUT2D eigenvalue weighted by atomic mass is 9.83. The van der Waals surface area contributed by atoms with Crippen molar-refractivity contribution in [3.05, 3.63) is 39.2 Å². The number of nitrogens with two attached hydrogens (primary N) is 1. The van der Waals surface area contributed by atoms with Gasteiger partial charge in [0.05, 0.1) is 30.2 Å². The van der Waals surface area contributed by atoms with Crippen LogP contribution in [0.1, 0.15) is 65.9 Å². The van der Waals surface area contributed by atoms with Crippen molar-refractivity contribution in [2.24, 2.45) is 5.73 Å². The van der Waals surface area contributed by atoms with Gasteiger partial charge in [-0.3, -0.25) is 9.59 Å². The first kappa shape index (κ1) is 21.0. The highest BCUT2D eigenvalue weighted by Crippen LogP contribution is 2.40. The van der Waals surface area contributed by atoms with E-state index in [1.165, 1.54) is 17.8 Å². The van der Waals surface area contributed by atoms with Gasteiger partial charge in [-0.05, 0) is 47.4 Å². The predicted molar refractivity (Wildman–Crippen MR) is 118 cm³/mol. The summed E-state index contributed by atoms with van der Waals surface area (Å²) in [6.07, 6.45) is 6.54. The van der Waals surface area contributed by atoms with Gasteiger partial charge >= 0.3 is 0 Å². The van der Waals surface area contributed by atoms with Gasteiger partial charge in [-0.25, -0.2) is 0 Å². The summed E-state index contributed by atoms with van der Waals surface area (Å²) >= 11 is 7.69. The quantitative estimate of drug-likeness (QED) is 0.681. The maximum absolute atomic E-state index is 12.7. The second-order valence-corrected chi connectivity index (χ2v) is 9.06. The molecule has 4 rings (SSSR count). The third-order valence-electron chi connectivity index (χ3n) is 5.59. The SMILES string of the molecule is NC(=O)c1c(C2CCCCC2)csc1NC(=O)Cc1cc(Cl)c2c(c1)OCCCO2. The van der Waals surface area contributed by atoms with Crippen LogP contribution in [0.5, 0.6) is 11.5 Å². The Balaban J connectivity index is 1.50. The minimum atomic E-state index is -0.495. The van der Waals surface area contributed by atoms with Crippen molar-refractivity contribution in [3.63, 3.8) is 0 Å². The topological polar surface area (TPSA) is 90.7 Å². The molecule has 1 saturated carbocycles. The monoisotopic (exact) mass is 448 g/mol. The Morgan fingerprint density at radius 1 is 1.13 bits per heavy atom. The number of rotatable bonds is 5. The van der Waals surface area contributed by atoms with Crippen molar-refractivity contribution in [3.8, 4) is 11.5 Å². The van der Waals surface area contributed by atoms with E-state index in [0.717, 1.165) is 37.7 Å². The normalized spacial score (nSPS) is 16.7. The van der Waals surface area contributed by atoms with E-state index < -0.39 is 5.91 Å². The number of primary amides is 1. The third kappa shape index (κ3) is 4.57. The number of hydrogen-bond donors (Lipinski definition) is 2. The van der Waals surface area contributed by atoms with Crippen LogP contribution in [0.15, 0.2) is 17.5 Å². The molecule has 0 unspecified atom stereocenters. The minimum Gasteiger partial charge on any atom is -0.489 e. The van der Waals surface area contributed by atoms with E-state index in [1.807, 2.05) is 5.38 Å². The molecule has 6 nitrogen and oxygen atoms in total. The number of fused-ring (bicyclic) bond motifs is 1. The van der Waals surface area contributed by atoms with Crippen LogP contribution in [-0.4, -0.2) is 25.0 Å². The Morgan fingerprint density at radius 3 is 2.67 bits per heavy atom. The molecule has 30 heavy (non-hydrogen) atoms. The van der Waals surface area contributed by atoms with Gasteiger partial charge in [0, 0.05) is 6.42 Å². The molecule has 8 heteroatoms. The van der Waals surface area contributed by atoms with Gasteiger partial charge in [0.2, 0.25) is 5.91 Å². The van der Waals surface area contributed by atoms with E-state index in [0.29, 0.717) is 51.8 Å². The predicted octanol–water partition coefficient (Wildman–Crippen LogP) is 4.89. The summed E-state index contributed by atoms with van der Waals surface area (Å²) in [5, 5.41) is 5.79. The van der Waals surface area contributed by atoms with Crippen LogP contribution in [0.2, 0.25) is 5.02 Å². The maximum atomic E-state index is 12.7. The Bertz CT molecular complexity index is 953. The van der Waals surface area contributed by atoms with E-state index >= 15 is 0 Å². The van der Waals surface area contributed by atoms with Crippen LogP contribution < -0.4 is 20.5 Å². The number of carbonyl (C=O) groups excluding carboxylic acids is 2. The Kier molecular flexibility index (Phi) is 6.49. The number of thiophene rings is 1. The second kappa shape index (κ2) is 9.27. The highest BCUT2D eigenvalue weighted by Gasteiger charge is 2.26. The highest BCUT2D eigenvalue weighted by molar-refractivity contribution is 7.15. The van der Waals surface area contributed by atoms with E-state index in [9.17, 15) is 9.59 Å². The molecule has 1 fully saturated rings. The fourth-order valence-corrected chi connectivity index (χ4v) is 5.53. The van der Waals surface area contributed by atoms with Crippen molar-refractivity contribution in [2.75, 3.05) is 18.5 Å². The van der Waals surface area contributed by atoms with Crippen LogP contribution in [0.25, 0.3) is 0 Å². The number of halogens is 1. The molecule has 1 aliphatic carbocycles. The molecule has 1 aromatic heterocycles. The van der Waals surface area contributed by atoms with Crippen molar-refractivity contribution < 1.29 is 19.1 Å². The van der Waals surface area contributed by atoms with Gasteiger partial charge in [0.25, 0.3) is 5.91 Å². The average Bonchev–Trinajstić information content (AvgIpc) is 2.98. The number of amides is 2. The molecule has 0 atom stereocenters. The molecule has 2 heterocycles. The zero-order valence-electron chi connectivity index (χ0n) is 16.7. The first-order valence-electron chi connectivity index (χ1n) is 10.3. The summed E-state index contributed by atoms with van der Waals surface area (Å²) in [6.45, 7) is 1.09. The molecule has 1 aromatic carbocycles. The van der Waals surface area contributed by atoms with E-state index in [2.05, 4.69) is 5.32 Å². The van der Waals surface area contributed by atoms with E-state index in [4.69, 9.17) is 26.8 Å². The molecule has 2 amide bonds. The van der Waals surface area contributed by atoms with Crippen molar-refractivity contribution in [1.82, 2.24) is 0 Å². The molecule has 1 aliphatic heterocycles. The number of anilines is 1. The van der Waals surface area contributed by atoms with Gasteiger partial charge < -0.3 is 20.5 Å². The fraction of sp³-hybridized carbons (Fsp3) is 0.455. The van der Waals surface area contributed by atoms with Crippen molar-refractivity contribution in [2.45, 2.75) is 50.9 Å². The molecule has 0 radical (unpaired) electrons.